The SMILES string of the molecule is COc1cc(CNC2CC(N(CC(=O)O)CC3CC3)C2)c2c(c1)CC(C)O2. The summed E-state index contributed by atoms with van der Waals surface area (Å²) in [5, 5.41) is 12.8. The number of fused-ring (bicyclic) bond motifs is 1. The summed E-state index contributed by atoms with van der Waals surface area (Å²) in [6, 6.07) is 4.96. The zero-order valence-corrected chi connectivity index (χ0v) is 16.2. The molecular weight excluding hydrogens is 344 g/mol. The summed E-state index contributed by atoms with van der Waals surface area (Å²) < 4.78 is 11.5. The maximum atomic E-state index is 11.2. The van der Waals surface area contributed by atoms with Crippen LogP contribution in [0, 0.1) is 5.92 Å². The number of nitrogens with zero attached hydrogens (tertiary/aromatic N) is 1. The first-order valence-corrected chi connectivity index (χ1v) is 10.1. The van der Waals surface area contributed by atoms with E-state index in [1.54, 1.807) is 7.11 Å². The van der Waals surface area contributed by atoms with Crippen molar-refractivity contribution in [2.45, 2.75) is 63.8 Å². The molecule has 1 aromatic carbocycles. The van der Waals surface area contributed by atoms with E-state index >= 15 is 0 Å². The third-order valence-electron chi connectivity index (χ3n) is 6.02. The van der Waals surface area contributed by atoms with Crippen molar-refractivity contribution in [2.75, 3.05) is 20.2 Å². The van der Waals surface area contributed by atoms with Crippen LogP contribution in [0.1, 0.15) is 43.7 Å². The highest BCUT2D eigenvalue weighted by Gasteiger charge is 2.37. The Morgan fingerprint density at radius 3 is 2.81 bits per heavy atom. The van der Waals surface area contributed by atoms with Crippen molar-refractivity contribution in [3.63, 3.8) is 0 Å². The number of carbonyl (C=O) groups is 1. The lowest BCUT2D eigenvalue weighted by Crippen LogP contribution is -2.54. The predicted molar refractivity (Wildman–Crippen MR) is 102 cm³/mol. The van der Waals surface area contributed by atoms with Crippen LogP contribution >= 0.6 is 0 Å². The summed E-state index contributed by atoms with van der Waals surface area (Å²) in [7, 11) is 1.70. The molecule has 148 valence electrons. The molecule has 2 N–H and O–H groups in total. The number of rotatable bonds is 9. The van der Waals surface area contributed by atoms with E-state index in [-0.39, 0.29) is 12.6 Å². The molecule has 6 nitrogen and oxygen atoms in total. The smallest absolute Gasteiger partial charge is 0.317 e. The first kappa shape index (κ1) is 18.6. The Bertz CT molecular complexity index is 698. The fraction of sp³-hybridized carbons (Fsp3) is 0.667. The molecular formula is C21H30N2O4. The Kier molecular flexibility index (Phi) is 5.28. The molecule has 1 aromatic rings. The maximum absolute atomic E-state index is 11.2. The molecule has 2 fully saturated rings. The quantitative estimate of drug-likeness (QED) is 0.692. The van der Waals surface area contributed by atoms with E-state index in [1.807, 2.05) is 0 Å². The molecule has 0 radical (unpaired) electrons. The zero-order chi connectivity index (χ0) is 19.0. The van der Waals surface area contributed by atoms with Crippen molar-refractivity contribution < 1.29 is 19.4 Å². The number of carboxylic acids is 1. The summed E-state index contributed by atoms with van der Waals surface area (Å²) in [5.74, 6) is 1.89. The molecule has 1 atom stereocenters. The molecule has 3 aliphatic rings. The van der Waals surface area contributed by atoms with Gasteiger partial charge in [0.05, 0.1) is 13.7 Å². The van der Waals surface area contributed by atoms with Gasteiger partial charge in [0, 0.05) is 42.7 Å². The molecule has 0 aromatic heterocycles. The van der Waals surface area contributed by atoms with Crippen molar-refractivity contribution in [1.82, 2.24) is 10.2 Å². The van der Waals surface area contributed by atoms with Crippen LogP contribution in [0.15, 0.2) is 12.1 Å². The van der Waals surface area contributed by atoms with Crippen LogP contribution < -0.4 is 14.8 Å². The van der Waals surface area contributed by atoms with E-state index in [0.717, 1.165) is 55.3 Å². The first-order chi connectivity index (χ1) is 13.0. The number of aliphatic carboxylic acids is 1. The van der Waals surface area contributed by atoms with E-state index in [1.165, 1.54) is 18.4 Å². The number of ether oxygens (including phenoxy) is 2. The fourth-order valence-electron chi connectivity index (χ4n) is 4.28. The lowest BCUT2D eigenvalue weighted by Gasteiger charge is -2.43. The molecule has 4 rings (SSSR count). The molecule has 2 saturated carbocycles. The van der Waals surface area contributed by atoms with Gasteiger partial charge in [-0.15, -0.1) is 0 Å². The van der Waals surface area contributed by atoms with Gasteiger partial charge in [-0.2, -0.15) is 0 Å². The van der Waals surface area contributed by atoms with Crippen LogP contribution in [-0.4, -0.2) is 54.4 Å². The average Bonchev–Trinajstić information content (AvgIpc) is 3.30. The van der Waals surface area contributed by atoms with Gasteiger partial charge in [-0.1, -0.05) is 0 Å². The van der Waals surface area contributed by atoms with Crippen LogP contribution in [0.2, 0.25) is 0 Å². The van der Waals surface area contributed by atoms with Crippen LogP contribution in [-0.2, 0) is 17.8 Å². The van der Waals surface area contributed by atoms with E-state index in [0.29, 0.717) is 12.1 Å². The van der Waals surface area contributed by atoms with E-state index in [4.69, 9.17) is 9.47 Å². The number of hydrogen-bond acceptors (Lipinski definition) is 5. The van der Waals surface area contributed by atoms with Crippen molar-refractivity contribution in [3.8, 4) is 11.5 Å². The summed E-state index contributed by atoms with van der Waals surface area (Å²) >= 11 is 0. The monoisotopic (exact) mass is 374 g/mol. The predicted octanol–water partition coefficient (Wildman–Crippen LogP) is 2.44. The van der Waals surface area contributed by atoms with Gasteiger partial charge in [0.2, 0.25) is 0 Å². The summed E-state index contributed by atoms with van der Waals surface area (Å²) in [6.45, 7) is 3.96. The summed E-state index contributed by atoms with van der Waals surface area (Å²) in [4.78, 5) is 13.3. The summed E-state index contributed by atoms with van der Waals surface area (Å²) in [5.41, 5.74) is 2.37. The number of nitrogens with one attached hydrogen (secondary N) is 1. The fourth-order valence-corrected chi connectivity index (χ4v) is 4.28. The van der Waals surface area contributed by atoms with Gasteiger partial charge in [0.1, 0.15) is 17.6 Å². The molecule has 0 saturated heterocycles. The number of carboxylic acid groups (broad SMARTS) is 1. The van der Waals surface area contributed by atoms with Crippen LogP contribution in [0.4, 0.5) is 0 Å². The molecule has 1 aliphatic heterocycles. The van der Waals surface area contributed by atoms with Gasteiger partial charge in [-0.25, -0.2) is 0 Å². The third-order valence-corrected chi connectivity index (χ3v) is 6.02. The molecule has 2 aliphatic carbocycles. The highest BCUT2D eigenvalue weighted by molar-refractivity contribution is 5.69. The highest BCUT2D eigenvalue weighted by Crippen LogP contribution is 2.37. The Hall–Kier alpha value is -1.79. The molecule has 27 heavy (non-hydrogen) atoms. The third kappa shape index (κ3) is 4.38. The van der Waals surface area contributed by atoms with Gasteiger partial charge >= 0.3 is 5.97 Å². The van der Waals surface area contributed by atoms with Crippen molar-refractivity contribution >= 4 is 5.97 Å². The van der Waals surface area contributed by atoms with E-state index < -0.39 is 5.97 Å². The van der Waals surface area contributed by atoms with Crippen molar-refractivity contribution in [3.05, 3.63) is 23.3 Å². The number of hydrogen-bond donors (Lipinski definition) is 2. The first-order valence-electron chi connectivity index (χ1n) is 10.1. The van der Waals surface area contributed by atoms with Gasteiger partial charge in [-0.05, 0) is 50.7 Å². The van der Waals surface area contributed by atoms with Crippen LogP contribution in [0.25, 0.3) is 0 Å². The van der Waals surface area contributed by atoms with E-state index in [2.05, 4.69) is 29.3 Å². The van der Waals surface area contributed by atoms with E-state index in [9.17, 15) is 9.90 Å². The molecule has 0 amide bonds. The largest absolute Gasteiger partial charge is 0.497 e. The number of methoxy groups -OCH3 is 1. The Labute approximate surface area is 160 Å². The Morgan fingerprint density at radius 1 is 1.37 bits per heavy atom. The van der Waals surface area contributed by atoms with Gasteiger partial charge in [0.25, 0.3) is 0 Å². The average molecular weight is 374 g/mol. The second-order valence-electron chi connectivity index (χ2n) is 8.38. The second-order valence-corrected chi connectivity index (χ2v) is 8.38. The standard InChI is InChI=1S/C21H30N2O4/c1-13-5-15-6-19(26-2)7-16(21(15)27-13)10-22-17-8-18(9-17)23(12-20(24)25)11-14-3-4-14/h6-7,13-14,17-18,22H,3-5,8-12H2,1-2H3,(H,24,25). The van der Waals surface area contributed by atoms with Crippen LogP contribution in [0.3, 0.4) is 0 Å². The normalized spacial score (nSPS) is 26.4. The topological polar surface area (TPSA) is 71.0 Å². The highest BCUT2D eigenvalue weighted by atomic mass is 16.5. The molecule has 0 bridgehead atoms. The maximum Gasteiger partial charge on any atom is 0.317 e. The second kappa shape index (κ2) is 7.68. The summed E-state index contributed by atoms with van der Waals surface area (Å²) in [6.07, 6.45) is 5.68. The molecule has 0 spiro atoms. The minimum atomic E-state index is -0.717. The Balaban J connectivity index is 1.32. The number of benzene rings is 1. The van der Waals surface area contributed by atoms with Gasteiger partial charge in [-0.3, -0.25) is 9.69 Å². The van der Waals surface area contributed by atoms with Gasteiger partial charge < -0.3 is 19.9 Å². The van der Waals surface area contributed by atoms with Crippen molar-refractivity contribution in [1.29, 1.82) is 0 Å². The lowest BCUT2D eigenvalue weighted by molar-refractivity contribution is -0.139. The van der Waals surface area contributed by atoms with Crippen molar-refractivity contribution in [2.24, 2.45) is 5.92 Å². The minimum Gasteiger partial charge on any atom is -0.497 e. The van der Waals surface area contributed by atoms with Crippen LogP contribution in [0.5, 0.6) is 11.5 Å². The molecule has 6 heteroatoms. The lowest BCUT2D eigenvalue weighted by atomic mass is 9.85. The van der Waals surface area contributed by atoms with Gasteiger partial charge in [0.15, 0.2) is 0 Å². The minimum absolute atomic E-state index is 0.170. The molecule has 1 heterocycles. The molecule has 1 unspecified atom stereocenters. The Morgan fingerprint density at radius 2 is 2.15 bits per heavy atom. The zero-order valence-electron chi connectivity index (χ0n) is 16.2.